The minimum Gasteiger partial charge on any atom is -0.505 e. The molecule has 1 N–H and O–H groups in total. The Morgan fingerprint density at radius 2 is 2.58 bits per heavy atom. The van der Waals surface area contributed by atoms with Crippen LogP contribution in [0.3, 0.4) is 0 Å². The van der Waals surface area contributed by atoms with Crippen LogP contribution in [0.25, 0.3) is 0 Å². The zero-order valence-corrected chi connectivity index (χ0v) is 6.94. The first kappa shape index (κ1) is 8.60. The van der Waals surface area contributed by atoms with Gasteiger partial charge in [-0.2, -0.15) is 10.4 Å². The van der Waals surface area contributed by atoms with Crippen LogP contribution in [-0.4, -0.2) is 14.9 Å². The zero-order valence-electron chi connectivity index (χ0n) is 6.94. The molecule has 1 aromatic heterocycles. The molecule has 1 heterocycles. The van der Waals surface area contributed by atoms with Crippen molar-refractivity contribution in [2.45, 2.75) is 19.9 Å². The van der Waals surface area contributed by atoms with Gasteiger partial charge < -0.3 is 5.11 Å². The van der Waals surface area contributed by atoms with Crippen LogP contribution in [0.2, 0.25) is 0 Å². The highest BCUT2D eigenvalue weighted by molar-refractivity contribution is 5.08. The van der Waals surface area contributed by atoms with Crippen LogP contribution in [0.5, 0.6) is 5.75 Å². The van der Waals surface area contributed by atoms with Crippen molar-refractivity contribution in [1.29, 1.82) is 5.26 Å². The minimum atomic E-state index is 0.166. The zero-order chi connectivity index (χ0) is 8.97. The summed E-state index contributed by atoms with van der Waals surface area (Å²) in [5.41, 5.74) is 0. The van der Waals surface area contributed by atoms with Gasteiger partial charge in [0, 0.05) is 13.0 Å². The number of aromatic hydroxyl groups is 1. The smallest absolute Gasteiger partial charge is 0.153 e. The first-order valence-electron chi connectivity index (χ1n) is 3.80. The van der Waals surface area contributed by atoms with Crippen LogP contribution in [0.4, 0.5) is 0 Å². The van der Waals surface area contributed by atoms with Crippen molar-refractivity contribution in [2.24, 2.45) is 5.92 Å². The summed E-state index contributed by atoms with van der Waals surface area (Å²) in [6.07, 6.45) is 3.45. The van der Waals surface area contributed by atoms with Crippen LogP contribution in [0.1, 0.15) is 13.3 Å². The fourth-order valence-corrected chi connectivity index (χ4v) is 0.992. The summed E-state index contributed by atoms with van der Waals surface area (Å²) >= 11 is 0. The fourth-order valence-electron chi connectivity index (χ4n) is 0.992. The van der Waals surface area contributed by atoms with E-state index >= 15 is 0 Å². The van der Waals surface area contributed by atoms with Gasteiger partial charge in [-0.1, -0.05) is 6.92 Å². The Balaban J connectivity index is 2.47. The summed E-state index contributed by atoms with van der Waals surface area (Å²) in [5, 5.41) is 21.2. The molecule has 0 aromatic carbocycles. The molecule has 0 saturated heterocycles. The molecular weight excluding hydrogens is 154 g/mol. The Hall–Kier alpha value is -1.50. The molecule has 64 valence electrons. The molecule has 1 atom stereocenters. The van der Waals surface area contributed by atoms with Gasteiger partial charge in [0.1, 0.15) is 0 Å². The van der Waals surface area contributed by atoms with E-state index in [1.165, 1.54) is 6.20 Å². The minimum absolute atomic E-state index is 0.166. The molecule has 4 nitrogen and oxygen atoms in total. The van der Waals surface area contributed by atoms with E-state index in [1.54, 1.807) is 10.9 Å². The highest BCUT2D eigenvalue weighted by Gasteiger charge is 2.03. The average Bonchev–Trinajstić information content (AvgIpc) is 2.36. The number of hydrogen-bond acceptors (Lipinski definition) is 3. The van der Waals surface area contributed by atoms with Gasteiger partial charge in [-0.05, 0) is 5.92 Å². The van der Waals surface area contributed by atoms with Crippen molar-refractivity contribution in [3.63, 3.8) is 0 Å². The van der Waals surface area contributed by atoms with E-state index in [4.69, 9.17) is 10.4 Å². The number of rotatable bonds is 3. The van der Waals surface area contributed by atoms with E-state index in [0.717, 1.165) is 0 Å². The van der Waals surface area contributed by atoms with Crippen LogP contribution in [-0.2, 0) is 6.54 Å². The predicted octanol–water partition coefficient (Wildman–Crippen LogP) is 1.14. The molecule has 0 fully saturated rings. The summed E-state index contributed by atoms with van der Waals surface area (Å²) < 4.78 is 1.64. The van der Waals surface area contributed by atoms with E-state index in [-0.39, 0.29) is 11.7 Å². The molecule has 12 heavy (non-hydrogen) atoms. The third kappa shape index (κ3) is 2.27. The Labute approximate surface area is 71.1 Å². The standard InChI is InChI=1S/C8H11N3O/c1-7(2-3-9)5-11-6-8(12)4-10-11/h4,6-7,12H,2,5H2,1H3. The Bertz CT molecular complexity index is 287. The number of aromatic nitrogens is 2. The van der Waals surface area contributed by atoms with Crippen molar-refractivity contribution >= 4 is 0 Å². The van der Waals surface area contributed by atoms with Gasteiger partial charge in [0.2, 0.25) is 0 Å². The third-order valence-corrected chi connectivity index (χ3v) is 1.56. The average molecular weight is 165 g/mol. The lowest BCUT2D eigenvalue weighted by molar-refractivity contribution is 0.449. The normalized spacial score (nSPS) is 12.3. The molecule has 0 saturated carbocycles. The molecule has 1 rings (SSSR count). The molecule has 1 unspecified atom stereocenters. The monoisotopic (exact) mass is 165 g/mol. The molecule has 1 aromatic rings. The Morgan fingerprint density at radius 3 is 3.08 bits per heavy atom. The SMILES string of the molecule is CC(CC#N)Cn1cc(O)cn1. The second-order valence-electron chi connectivity index (χ2n) is 2.89. The van der Waals surface area contributed by atoms with E-state index in [0.29, 0.717) is 13.0 Å². The summed E-state index contributed by atoms with van der Waals surface area (Å²) in [7, 11) is 0. The Morgan fingerprint density at radius 1 is 1.83 bits per heavy atom. The van der Waals surface area contributed by atoms with Gasteiger partial charge in [-0.3, -0.25) is 4.68 Å². The second kappa shape index (κ2) is 3.77. The highest BCUT2D eigenvalue weighted by Crippen LogP contribution is 2.08. The van der Waals surface area contributed by atoms with E-state index in [2.05, 4.69) is 11.2 Å². The van der Waals surface area contributed by atoms with Gasteiger partial charge in [-0.15, -0.1) is 0 Å². The van der Waals surface area contributed by atoms with E-state index in [1.807, 2.05) is 6.92 Å². The lowest BCUT2D eigenvalue weighted by Gasteiger charge is -2.05. The maximum absolute atomic E-state index is 8.95. The topological polar surface area (TPSA) is 61.8 Å². The van der Waals surface area contributed by atoms with Crippen LogP contribution in [0, 0.1) is 17.2 Å². The molecule has 0 spiro atoms. The molecule has 0 radical (unpaired) electrons. The second-order valence-corrected chi connectivity index (χ2v) is 2.89. The molecule has 0 bridgehead atoms. The summed E-state index contributed by atoms with van der Waals surface area (Å²) in [6, 6.07) is 2.09. The third-order valence-electron chi connectivity index (χ3n) is 1.56. The van der Waals surface area contributed by atoms with Crippen molar-refractivity contribution in [2.75, 3.05) is 0 Å². The highest BCUT2D eigenvalue weighted by atomic mass is 16.3. The lowest BCUT2D eigenvalue weighted by atomic mass is 10.1. The molecule has 0 amide bonds. The fraction of sp³-hybridized carbons (Fsp3) is 0.500. The van der Waals surface area contributed by atoms with E-state index in [9.17, 15) is 0 Å². The number of hydrogen-bond donors (Lipinski definition) is 1. The van der Waals surface area contributed by atoms with Crippen LogP contribution >= 0.6 is 0 Å². The molecule has 0 aliphatic rings. The molecule has 4 heteroatoms. The van der Waals surface area contributed by atoms with Crippen molar-refractivity contribution in [3.05, 3.63) is 12.4 Å². The van der Waals surface area contributed by atoms with Crippen LogP contribution in [0.15, 0.2) is 12.4 Å². The van der Waals surface area contributed by atoms with Crippen molar-refractivity contribution < 1.29 is 5.11 Å². The Kier molecular flexibility index (Phi) is 2.70. The largest absolute Gasteiger partial charge is 0.505 e. The number of nitrogens with zero attached hydrogens (tertiary/aromatic N) is 3. The first-order valence-corrected chi connectivity index (χ1v) is 3.80. The maximum Gasteiger partial charge on any atom is 0.153 e. The van der Waals surface area contributed by atoms with Gasteiger partial charge in [0.05, 0.1) is 18.5 Å². The van der Waals surface area contributed by atoms with Crippen molar-refractivity contribution in [1.82, 2.24) is 9.78 Å². The van der Waals surface area contributed by atoms with Crippen LogP contribution < -0.4 is 0 Å². The van der Waals surface area contributed by atoms with E-state index < -0.39 is 0 Å². The lowest BCUT2D eigenvalue weighted by Crippen LogP contribution is -2.06. The predicted molar refractivity (Wildman–Crippen MR) is 43.3 cm³/mol. The van der Waals surface area contributed by atoms with Crippen molar-refractivity contribution in [3.8, 4) is 11.8 Å². The molecular formula is C8H11N3O. The molecule has 0 aliphatic heterocycles. The van der Waals surface area contributed by atoms with Gasteiger partial charge in [0.25, 0.3) is 0 Å². The van der Waals surface area contributed by atoms with Gasteiger partial charge >= 0.3 is 0 Å². The van der Waals surface area contributed by atoms with Gasteiger partial charge in [0.15, 0.2) is 5.75 Å². The summed E-state index contributed by atoms with van der Waals surface area (Å²) in [4.78, 5) is 0. The van der Waals surface area contributed by atoms with Gasteiger partial charge in [-0.25, -0.2) is 0 Å². The first-order chi connectivity index (χ1) is 5.72. The quantitative estimate of drug-likeness (QED) is 0.730. The summed E-state index contributed by atoms with van der Waals surface area (Å²) in [6.45, 7) is 2.65. The summed E-state index contributed by atoms with van der Waals surface area (Å²) in [5.74, 6) is 0.438. The number of nitriles is 1. The maximum atomic E-state index is 8.95. The molecule has 0 aliphatic carbocycles.